The van der Waals surface area contributed by atoms with Crippen molar-refractivity contribution < 1.29 is 14.3 Å². The van der Waals surface area contributed by atoms with E-state index in [0.29, 0.717) is 23.0 Å². The van der Waals surface area contributed by atoms with Crippen LogP contribution in [0.5, 0.6) is 0 Å². The molecule has 1 amide bonds. The number of hydrogen-bond acceptors (Lipinski definition) is 5. The van der Waals surface area contributed by atoms with Crippen molar-refractivity contribution in [2.45, 2.75) is 52.0 Å². The van der Waals surface area contributed by atoms with Gasteiger partial charge in [0.1, 0.15) is 5.82 Å². The number of para-hydroxylation sites is 1. The van der Waals surface area contributed by atoms with Gasteiger partial charge in [0, 0.05) is 19.5 Å². The summed E-state index contributed by atoms with van der Waals surface area (Å²) >= 11 is 0. The number of fused-ring (bicyclic) bond motifs is 1. The molecule has 0 bridgehead atoms. The molecule has 3 atom stereocenters. The molecule has 0 spiro atoms. The Kier molecular flexibility index (Phi) is 6.67. The SMILES string of the molecule is CC1CCCC(NC(=O)COC(=O)CCc2nc(=O)c3ccccc3n2C)C1C. The Labute approximate surface area is 170 Å². The van der Waals surface area contributed by atoms with E-state index in [-0.39, 0.29) is 37.0 Å². The van der Waals surface area contributed by atoms with Gasteiger partial charge in [0.15, 0.2) is 6.61 Å². The molecule has 3 unspecified atom stereocenters. The van der Waals surface area contributed by atoms with E-state index in [1.54, 1.807) is 12.1 Å². The molecule has 3 rings (SSSR count). The fourth-order valence-corrected chi connectivity index (χ4v) is 4.03. The summed E-state index contributed by atoms with van der Waals surface area (Å²) in [4.78, 5) is 40.5. The van der Waals surface area contributed by atoms with Gasteiger partial charge in [-0.1, -0.05) is 38.8 Å². The number of ether oxygens (including phenoxy) is 1. The number of aryl methyl sites for hydroxylation is 2. The van der Waals surface area contributed by atoms with E-state index in [9.17, 15) is 14.4 Å². The van der Waals surface area contributed by atoms with Gasteiger partial charge >= 0.3 is 5.97 Å². The summed E-state index contributed by atoms with van der Waals surface area (Å²) in [6.45, 7) is 4.08. The van der Waals surface area contributed by atoms with Crippen molar-refractivity contribution in [3.05, 3.63) is 40.4 Å². The Morgan fingerprint density at radius 1 is 1.24 bits per heavy atom. The Morgan fingerprint density at radius 2 is 2.00 bits per heavy atom. The number of rotatable bonds is 6. The maximum atomic E-state index is 12.2. The molecule has 7 nitrogen and oxygen atoms in total. The smallest absolute Gasteiger partial charge is 0.306 e. The van der Waals surface area contributed by atoms with Crippen molar-refractivity contribution in [1.29, 1.82) is 0 Å². The molecule has 1 aromatic heterocycles. The van der Waals surface area contributed by atoms with Gasteiger partial charge < -0.3 is 14.6 Å². The van der Waals surface area contributed by atoms with Crippen LogP contribution in [-0.4, -0.2) is 34.1 Å². The van der Waals surface area contributed by atoms with Crippen LogP contribution in [-0.2, 0) is 27.8 Å². The number of hydrogen-bond donors (Lipinski definition) is 1. The van der Waals surface area contributed by atoms with Crippen LogP contribution >= 0.6 is 0 Å². The van der Waals surface area contributed by atoms with E-state index < -0.39 is 5.97 Å². The molecule has 1 aromatic carbocycles. The lowest BCUT2D eigenvalue weighted by atomic mass is 9.78. The summed E-state index contributed by atoms with van der Waals surface area (Å²) in [5.41, 5.74) is 0.461. The van der Waals surface area contributed by atoms with Crippen LogP contribution in [0.25, 0.3) is 10.9 Å². The van der Waals surface area contributed by atoms with Crippen LogP contribution < -0.4 is 10.9 Å². The number of aromatic nitrogens is 2. The van der Waals surface area contributed by atoms with Gasteiger partial charge in [-0.05, 0) is 30.4 Å². The highest BCUT2D eigenvalue weighted by molar-refractivity contribution is 5.81. The molecule has 0 aliphatic heterocycles. The predicted molar refractivity (Wildman–Crippen MR) is 110 cm³/mol. The van der Waals surface area contributed by atoms with Crippen molar-refractivity contribution in [3.63, 3.8) is 0 Å². The van der Waals surface area contributed by atoms with Crippen molar-refractivity contribution in [3.8, 4) is 0 Å². The second kappa shape index (κ2) is 9.20. The predicted octanol–water partition coefficient (Wildman–Crippen LogP) is 2.35. The number of esters is 1. The van der Waals surface area contributed by atoms with Gasteiger partial charge in [-0.15, -0.1) is 0 Å². The Bertz CT molecular complexity index is 953. The summed E-state index contributed by atoms with van der Waals surface area (Å²) < 4.78 is 6.93. The molecule has 0 radical (unpaired) electrons. The molecular formula is C22H29N3O4. The van der Waals surface area contributed by atoms with Crippen LogP contribution in [0.3, 0.4) is 0 Å². The van der Waals surface area contributed by atoms with Crippen molar-refractivity contribution in [2.75, 3.05) is 6.61 Å². The first-order chi connectivity index (χ1) is 13.9. The Hall–Kier alpha value is -2.70. The zero-order valence-electron chi connectivity index (χ0n) is 17.3. The second-order valence-electron chi connectivity index (χ2n) is 8.01. The van der Waals surface area contributed by atoms with E-state index in [1.807, 2.05) is 23.7 Å². The molecule has 1 aliphatic rings. The average molecular weight is 399 g/mol. The Balaban J connectivity index is 1.50. The average Bonchev–Trinajstić information content (AvgIpc) is 2.71. The number of carbonyl (C=O) groups excluding carboxylic acids is 2. The van der Waals surface area contributed by atoms with Gasteiger partial charge in [0.05, 0.1) is 17.3 Å². The summed E-state index contributed by atoms with van der Waals surface area (Å²) in [7, 11) is 1.81. The van der Waals surface area contributed by atoms with E-state index in [0.717, 1.165) is 18.4 Å². The standard InChI is InChI=1S/C22H29N3O4/c1-14-7-6-9-17(15(14)2)23-20(26)13-29-21(27)12-11-19-24-22(28)16-8-4-5-10-18(16)25(19)3/h4-5,8,10,14-15,17H,6-7,9,11-13H2,1-3H3,(H,23,26). The molecule has 1 aliphatic carbocycles. The first-order valence-electron chi connectivity index (χ1n) is 10.3. The highest BCUT2D eigenvalue weighted by Gasteiger charge is 2.28. The number of nitrogens with one attached hydrogen (secondary N) is 1. The second-order valence-corrected chi connectivity index (χ2v) is 8.01. The lowest BCUT2D eigenvalue weighted by molar-refractivity contribution is -0.148. The monoisotopic (exact) mass is 399 g/mol. The minimum Gasteiger partial charge on any atom is -0.456 e. The largest absolute Gasteiger partial charge is 0.456 e. The third kappa shape index (κ3) is 5.02. The number of carbonyl (C=O) groups is 2. The highest BCUT2D eigenvalue weighted by atomic mass is 16.5. The zero-order chi connectivity index (χ0) is 21.0. The molecule has 0 saturated heterocycles. The molecule has 1 heterocycles. The summed E-state index contributed by atoms with van der Waals surface area (Å²) in [5.74, 6) is 0.773. The molecule has 1 fully saturated rings. The molecule has 1 saturated carbocycles. The fourth-order valence-electron chi connectivity index (χ4n) is 4.03. The lowest BCUT2D eigenvalue weighted by Crippen LogP contribution is -2.45. The lowest BCUT2D eigenvalue weighted by Gasteiger charge is -2.34. The third-order valence-corrected chi connectivity index (χ3v) is 6.08. The van der Waals surface area contributed by atoms with Crippen molar-refractivity contribution in [2.24, 2.45) is 18.9 Å². The van der Waals surface area contributed by atoms with Gasteiger partial charge in [0.2, 0.25) is 0 Å². The van der Waals surface area contributed by atoms with Crippen LogP contribution in [0, 0.1) is 11.8 Å². The molecule has 29 heavy (non-hydrogen) atoms. The summed E-state index contributed by atoms with van der Waals surface area (Å²) in [6, 6.07) is 7.36. The molecule has 2 aromatic rings. The topological polar surface area (TPSA) is 90.3 Å². The van der Waals surface area contributed by atoms with E-state index >= 15 is 0 Å². The molecular weight excluding hydrogens is 370 g/mol. The molecule has 1 N–H and O–H groups in total. The van der Waals surface area contributed by atoms with Crippen molar-refractivity contribution >= 4 is 22.8 Å². The van der Waals surface area contributed by atoms with E-state index in [4.69, 9.17) is 4.74 Å². The van der Waals surface area contributed by atoms with E-state index in [2.05, 4.69) is 24.1 Å². The van der Waals surface area contributed by atoms with Crippen LogP contribution in [0.4, 0.5) is 0 Å². The van der Waals surface area contributed by atoms with Crippen LogP contribution in [0.15, 0.2) is 29.1 Å². The first-order valence-corrected chi connectivity index (χ1v) is 10.3. The first kappa shape index (κ1) is 21.0. The number of nitrogens with zero attached hydrogens (tertiary/aromatic N) is 2. The summed E-state index contributed by atoms with van der Waals surface area (Å²) in [6.07, 6.45) is 3.59. The van der Waals surface area contributed by atoms with Gasteiger partial charge in [-0.2, -0.15) is 4.98 Å². The Morgan fingerprint density at radius 3 is 2.79 bits per heavy atom. The molecule has 156 valence electrons. The quantitative estimate of drug-likeness (QED) is 0.753. The fraction of sp³-hybridized carbons (Fsp3) is 0.545. The minimum atomic E-state index is -0.479. The maximum absolute atomic E-state index is 12.2. The van der Waals surface area contributed by atoms with Crippen molar-refractivity contribution in [1.82, 2.24) is 14.9 Å². The van der Waals surface area contributed by atoms with E-state index in [1.165, 1.54) is 6.42 Å². The van der Waals surface area contributed by atoms with Gasteiger partial charge in [-0.25, -0.2) is 0 Å². The minimum absolute atomic E-state index is 0.0583. The normalized spacial score (nSPS) is 21.7. The third-order valence-electron chi connectivity index (χ3n) is 6.08. The summed E-state index contributed by atoms with van der Waals surface area (Å²) in [5, 5.41) is 3.54. The van der Waals surface area contributed by atoms with Gasteiger partial charge in [-0.3, -0.25) is 14.4 Å². The zero-order valence-corrected chi connectivity index (χ0v) is 17.3. The molecule has 7 heteroatoms. The van der Waals surface area contributed by atoms with Crippen LogP contribution in [0.2, 0.25) is 0 Å². The number of benzene rings is 1. The highest BCUT2D eigenvalue weighted by Crippen LogP contribution is 2.29. The van der Waals surface area contributed by atoms with Crippen LogP contribution in [0.1, 0.15) is 45.4 Å². The number of amides is 1. The van der Waals surface area contributed by atoms with Gasteiger partial charge in [0.25, 0.3) is 11.5 Å². The maximum Gasteiger partial charge on any atom is 0.306 e.